The second-order valence-electron chi connectivity index (χ2n) is 3.98. The van der Waals surface area contributed by atoms with Crippen LogP contribution in [-0.2, 0) is 11.3 Å². The molecular formula is C11H15ClN2O2. The van der Waals surface area contributed by atoms with E-state index in [9.17, 15) is 0 Å². The molecule has 0 N–H and O–H groups in total. The number of hydrogen-bond acceptors (Lipinski definition) is 4. The average molecular weight is 243 g/mol. The number of aromatic nitrogens is 1. The molecule has 88 valence electrons. The Morgan fingerprint density at radius 3 is 3.19 bits per heavy atom. The monoisotopic (exact) mass is 242 g/mol. The summed E-state index contributed by atoms with van der Waals surface area (Å²) >= 11 is 6.21. The molecule has 2 heterocycles. The van der Waals surface area contributed by atoms with E-state index in [2.05, 4.69) is 17.1 Å². The molecule has 0 radical (unpaired) electrons. The summed E-state index contributed by atoms with van der Waals surface area (Å²) in [5.74, 6) is 0.725. The van der Waals surface area contributed by atoms with Gasteiger partial charge in [0, 0.05) is 36.9 Å². The van der Waals surface area contributed by atoms with Crippen LogP contribution >= 0.6 is 11.6 Å². The van der Waals surface area contributed by atoms with Gasteiger partial charge in [-0.2, -0.15) is 0 Å². The van der Waals surface area contributed by atoms with Gasteiger partial charge in [0.2, 0.25) is 0 Å². The smallest absolute Gasteiger partial charge is 0.162 e. The molecular weight excluding hydrogens is 228 g/mol. The molecule has 1 aromatic heterocycles. The number of ether oxygens (including phenoxy) is 1. The summed E-state index contributed by atoms with van der Waals surface area (Å²) in [5.41, 5.74) is 1.88. The van der Waals surface area contributed by atoms with Gasteiger partial charge in [0.25, 0.3) is 0 Å². The maximum absolute atomic E-state index is 6.21. The van der Waals surface area contributed by atoms with Gasteiger partial charge < -0.3 is 14.2 Å². The highest BCUT2D eigenvalue weighted by Gasteiger charge is 2.19. The topological polar surface area (TPSA) is 38.5 Å². The van der Waals surface area contributed by atoms with E-state index in [-0.39, 0.29) is 0 Å². The molecule has 0 fully saturated rings. The zero-order chi connectivity index (χ0) is 11.5. The molecule has 5 heteroatoms. The zero-order valence-corrected chi connectivity index (χ0v) is 10.3. The molecule has 0 aliphatic carbocycles. The second-order valence-corrected chi connectivity index (χ2v) is 4.44. The van der Waals surface area contributed by atoms with E-state index in [1.807, 2.05) is 6.07 Å². The lowest BCUT2D eigenvalue weighted by molar-refractivity contribution is 0.156. The first kappa shape index (κ1) is 11.6. The third-order valence-corrected chi connectivity index (χ3v) is 3.04. The lowest BCUT2D eigenvalue weighted by Crippen LogP contribution is -2.26. The molecule has 1 aliphatic heterocycles. The van der Waals surface area contributed by atoms with E-state index >= 15 is 0 Å². The number of hydrogen-bond donors (Lipinski definition) is 0. The van der Waals surface area contributed by atoms with Crippen molar-refractivity contribution in [1.82, 2.24) is 10.1 Å². The fraction of sp³-hybridized carbons (Fsp3) is 0.545. The van der Waals surface area contributed by atoms with Crippen molar-refractivity contribution in [3.05, 3.63) is 22.6 Å². The van der Waals surface area contributed by atoms with E-state index in [4.69, 9.17) is 20.9 Å². The minimum absolute atomic E-state index is 0.438. The van der Waals surface area contributed by atoms with Crippen molar-refractivity contribution >= 4 is 17.2 Å². The summed E-state index contributed by atoms with van der Waals surface area (Å²) in [6.45, 7) is 2.25. The first-order valence-corrected chi connectivity index (χ1v) is 5.59. The standard InChI is InChI=1S/C11H15ClN2O2/c1-14-4-3-10(12)9(6-14)11-5-8(7-15-2)16-13-11/h5H,3-4,6-7H2,1-2H3. The summed E-state index contributed by atoms with van der Waals surface area (Å²) < 4.78 is 10.1. The quantitative estimate of drug-likeness (QED) is 0.814. The van der Waals surface area contributed by atoms with Gasteiger partial charge in [-0.1, -0.05) is 16.8 Å². The third-order valence-electron chi connectivity index (χ3n) is 2.62. The number of rotatable bonds is 3. The fourth-order valence-electron chi connectivity index (χ4n) is 1.76. The SMILES string of the molecule is COCc1cc(C2=C(Cl)CCN(C)C2)no1. The highest BCUT2D eigenvalue weighted by Crippen LogP contribution is 2.28. The van der Waals surface area contributed by atoms with Crippen molar-refractivity contribution in [2.24, 2.45) is 0 Å². The highest BCUT2D eigenvalue weighted by atomic mass is 35.5. The summed E-state index contributed by atoms with van der Waals surface area (Å²) in [6.07, 6.45) is 0.875. The molecule has 0 saturated heterocycles. The van der Waals surface area contributed by atoms with Gasteiger partial charge in [0.1, 0.15) is 12.3 Å². The van der Waals surface area contributed by atoms with Crippen LogP contribution < -0.4 is 0 Å². The Morgan fingerprint density at radius 2 is 2.44 bits per heavy atom. The highest BCUT2D eigenvalue weighted by molar-refractivity contribution is 6.32. The van der Waals surface area contributed by atoms with Crippen LogP contribution in [0.5, 0.6) is 0 Å². The molecule has 0 unspecified atom stereocenters. The number of methoxy groups -OCH3 is 1. The summed E-state index contributed by atoms with van der Waals surface area (Å²) in [6, 6.07) is 1.89. The van der Waals surface area contributed by atoms with Crippen molar-refractivity contribution in [3.63, 3.8) is 0 Å². The van der Waals surface area contributed by atoms with Gasteiger partial charge in [0.15, 0.2) is 5.76 Å². The van der Waals surface area contributed by atoms with E-state index in [1.165, 1.54) is 0 Å². The van der Waals surface area contributed by atoms with Crippen molar-refractivity contribution < 1.29 is 9.26 Å². The van der Waals surface area contributed by atoms with Crippen LogP contribution in [0.1, 0.15) is 17.9 Å². The first-order valence-electron chi connectivity index (χ1n) is 5.21. The Morgan fingerprint density at radius 1 is 1.62 bits per heavy atom. The summed E-state index contributed by atoms with van der Waals surface area (Å²) in [4.78, 5) is 2.21. The molecule has 0 spiro atoms. The van der Waals surface area contributed by atoms with Crippen molar-refractivity contribution in [2.45, 2.75) is 13.0 Å². The third kappa shape index (κ3) is 2.45. The Kier molecular flexibility index (Phi) is 3.63. The predicted molar refractivity (Wildman–Crippen MR) is 62.1 cm³/mol. The van der Waals surface area contributed by atoms with Crippen molar-refractivity contribution in [1.29, 1.82) is 0 Å². The molecule has 0 aromatic carbocycles. The Hall–Kier alpha value is -0.840. The summed E-state index contributed by atoms with van der Waals surface area (Å²) in [5, 5.41) is 4.90. The minimum atomic E-state index is 0.438. The number of nitrogens with zero attached hydrogens (tertiary/aromatic N) is 2. The van der Waals surface area contributed by atoms with Crippen LogP contribution in [0.2, 0.25) is 0 Å². The maximum atomic E-state index is 6.21. The number of halogens is 1. The molecule has 2 rings (SSSR count). The molecule has 0 bridgehead atoms. The van der Waals surface area contributed by atoms with Crippen LogP contribution in [0.25, 0.3) is 5.57 Å². The van der Waals surface area contributed by atoms with E-state index in [1.54, 1.807) is 7.11 Å². The lowest BCUT2D eigenvalue weighted by atomic mass is 10.1. The molecule has 0 atom stereocenters. The molecule has 1 aromatic rings. The van der Waals surface area contributed by atoms with Crippen LogP contribution in [0, 0.1) is 0 Å². The van der Waals surface area contributed by atoms with Gasteiger partial charge in [0.05, 0.1) is 0 Å². The molecule has 0 amide bonds. The van der Waals surface area contributed by atoms with E-state index in [0.29, 0.717) is 6.61 Å². The van der Waals surface area contributed by atoms with Gasteiger partial charge in [-0.15, -0.1) is 0 Å². The molecule has 16 heavy (non-hydrogen) atoms. The predicted octanol–water partition coefficient (Wildman–Crippen LogP) is 2.11. The van der Waals surface area contributed by atoms with Crippen LogP contribution in [-0.4, -0.2) is 37.3 Å². The first-order chi connectivity index (χ1) is 7.70. The Balaban J connectivity index is 2.21. The number of likely N-dealkylation sites (N-methyl/N-ethyl adjacent to an activating group) is 1. The van der Waals surface area contributed by atoms with Gasteiger partial charge in [-0.05, 0) is 13.5 Å². The van der Waals surface area contributed by atoms with E-state index < -0.39 is 0 Å². The van der Waals surface area contributed by atoms with Gasteiger partial charge in [-0.3, -0.25) is 0 Å². The Bertz CT molecular complexity index is 400. The normalized spacial score (nSPS) is 18.2. The second kappa shape index (κ2) is 4.99. The largest absolute Gasteiger partial charge is 0.377 e. The zero-order valence-electron chi connectivity index (χ0n) is 9.49. The van der Waals surface area contributed by atoms with Crippen molar-refractivity contribution in [2.75, 3.05) is 27.2 Å². The molecule has 4 nitrogen and oxygen atoms in total. The van der Waals surface area contributed by atoms with E-state index in [0.717, 1.165) is 41.6 Å². The van der Waals surface area contributed by atoms with Crippen LogP contribution in [0.15, 0.2) is 15.6 Å². The average Bonchev–Trinajstić information content (AvgIpc) is 2.71. The minimum Gasteiger partial charge on any atom is -0.377 e. The summed E-state index contributed by atoms with van der Waals surface area (Å²) in [7, 11) is 3.70. The maximum Gasteiger partial charge on any atom is 0.162 e. The molecule has 1 aliphatic rings. The fourth-order valence-corrected chi connectivity index (χ4v) is 2.00. The van der Waals surface area contributed by atoms with Crippen LogP contribution in [0.3, 0.4) is 0 Å². The Labute approximate surface area is 99.8 Å². The van der Waals surface area contributed by atoms with Crippen LogP contribution in [0.4, 0.5) is 0 Å². The van der Waals surface area contributed by atoms with Gasteiger partial charge >= 0.3 is 0 Å². The lowest BCUT2D eigenvalue weighted by Gasteiger charge is -2.23. The van der Waals surface area contributed by atoms with Gasteiger partial charge in [-0.25, -0.2) is 0 Å². The molecule has 0 saturated carbocycles. The van der Waals surface area contributed by atoms with Crippen molar-refractivity contribution in [3.8, 4) is 0 Å².